The van der Waals surface area contributed by atoms with E-state index in [9.17, 15) is 4.79 Å². The maximum Gasteiger partial charge on any atom is 0.336 e. The summed E-state index contributed by atoms with van der Waals surface area (Å²) in [5, 5.41) is 0. The quantitative estimate of drug-likeness (QED) is 0.271. The summed E-state index contributed by atoms with van der Waals surface area (Å²) in [4.78, 5) is 11.0. The lowest BCUT2D eigenvalue weighted by Gasteiger charge is -2.03. The molecule has 0 radical (unpaired) electrons. The minimum absolute atomic E-state index is 0.347. The van der Waals surface area contributed by atoms with Gasteiger partial charge in [0.25, 0.3) is 0 Å². The molecule has 0 saturated carbocycles. The van der Waals surface area contributed by atoms with Crippen molar-refractivity contribution in [3.8, 4) is 0 Å². The molecule has 0 aliphatic rings. The van der Waals surface area contributed by atoms with Crippen LogP contribution >= 0.6 is 0 Å². The standard InChI is InChI=1S/C9H16O4/c1-4-8(9(10)12-3)7-13-6-5-11-2/h7H,4-6H2,1-3H3. The average Bonchev–Trinajstić information content (AvgIpc) is 2.17. The molecular weight excluding hydrogens is 172 g/mol. The van der Waals surface area contributed by atoms with E-state index in [0.29, 0.717) is 25.2 Å². The Hall–Kier alpha value is -1.03. The van der Waals surface area contributed by atoms with Crippen LogP contribution in [0.3, 0.4) is 0 Å². The van der Waals surface area contributed by atoms with Crippen molar-refractivity contribution in [1.82, 2.24) is 0 Å². The highest BCUT2D eigenvalue weighted by Crippen LogP contribution is 2.02. The van der Waals surface area contributed by atoms with Crippen molar-refractivity contribution in [3.63, 3.8) is 0 Å². The Labute approximate surface area is 78.5 Å². The molecule has 0 bridgehead atoms. The summed E-state index contributed by atoms with van der Waals surface area (Å²) < 4.78 is 14.4. The first-order chi connectivity index (χ1) is 6.26. The van der Waals surface area contributed by atoms with Crippen LogP contribution in [0.5, 0.6) is 0 Å². The van der Waals surface area contributed by atoms with E-state index in [-0.39, 0.29) is 5.97 Å². The summed E-state index contributed by atoms with van der Waals surface area (Å²) >= 11 is 0. The fourth-order valence-electron chi connectivity index (χ4n) is 0.698. The zero-order valence-corrected chi connectivity index (χ0v) is 8.33. The highest BCUT2D eigenvalue weighted by atomic mass is 16.5. The first kappa shape index (κ1) is 12.0. The van der Waals surface area contributed by atoms with Gasteiger partial charge in [0.05, 0.1) is 25.6 Å². The first-order valence-corrected chi connectivity index (χ1v) is 4.14. The second-order valence-corrected chi connectivity index (χ2v) is 2.35. The molecule has 0 rings (SSSR count). The maximum atomic E-state index is 11.0. The molecule has 0 aliphatic carbocycles. The molecular formula is C9H16O4. The fourth-order valence-corrected chi connectivity index (χ4v) is 0.698. The van der Waals surface area contributed by atoms with Gasteiger partial charge in [0, 0.05) is 7.11 Å². The van der Waals surface area contributed by atoms with Crippen molar-refractivity contribution in [3.05, 3.63) is 11.8 Å². The van der Waals surface area contributed by atoms with Crippen LogP contribution < -0.4 is 0 Å². The zero-order chi connectivity index (χ0) is 10.1. The van der Waals surface area contributed by atoms with E-state index >= 15 is 0 Å². The smallest absolute Gasteiger partial charge is 0.336 e. The lowest BCUT2D eigenvalue weighted by atomic mass is 10.2. The predicted molar refractivity (Wildman–Crippen MR) is 48.2 cm³/mol. The summed E-state index contributed by atoms with van der Waals surface area (Å²) in [5.74, 6) is -0.347. The first-order valence-electron chi connectivity index (χ1n) is 4.14. The van der Waals surface area contributed by atoms with Gasteiger partial charge in [-0.1, -0.05) is 6.92 Å². The van der Waals surface area contributed by atoms with Crippen LogP contribution in [0.1, 0.15) is 13.3 Å². The third kappa shape index (κ3) is 5.25. The van der Waals surface area contributed by atoms with Gasteiger partial charge in [0.2, 0.25) is 0 Å². The van der Waals surface area contributed by atoms with Crippen LogP contribution in [0.25, 0.3) is 0 Å². The van der Waals surface area contributed by atoms with E-state index in [1.807, 2.05) is 6.92 Å². The zero-order valence-electron chi connectivity index (χ0n) is 8.33. The van der Waals surface area contributed by atoms with Crippen molar-refractivity contribution >= 4 is 5.97 Å². The van der Waals surface area contributed by atoms with Crippen molar-refractivity contribution in [2.24, 2.45) is 0 Å². The molecule has 0 fully saturated rings. The Bertz CT molecular complexity index is 174. The Morgan fingerprint density at radius 2 is 2.00 bits per heavy atom. The largest absolute Gasteiger partial charge is 0.498 e. The van der Waals surface area contributed by atoms with Crippen LogP contribution in [-0.4, -0.2) is 33.4 Å². The number of carbonyl (C=O) groups excluding carboxylic acids is 1. The monoisotopic (exact) mass is 188 g/mol. The molecule has 0 aromatic heterocycles. The van der Waals surface area contributed by atoms with Crippen molar-refractivity contribution in [2.45, 2.75) is 13.3 Å². The van der Waals surface area contributed by atoms with Gasteiger partial charge in [0.1, 0.15) is 6.61 Å². The number of methoxy groups -OCH3 is 2. The molecule has 13 heavy (non-hydrogen) atoms. The van der Waals surface area contributed by atoms with E-state index in [4.69, 9.17) is 9.47 Å². The molecule has 0 heterocycles. The maximum absolute atomic E-state index is 11.0. The molecule has 0 aromatic carbocycles. The number of esters is 1. The summed E-state index contributed by atoms with van der Waals surface area (Å²) in [6, 6.07) is 0. The number of hydrogen-bond acceptors (Lipinski definition) is 4. The van der Waals surface area contributed by atoms with Gasteiger partial charge >= 0.3 is 5.97 Å². The van der Waals surface area contributed by atoms with Gasteiger partial charge in [-0.05, 0) is 6.42 Å². The lowest BCUT2D eigenvalue weighted by Crippen LogP contribution is -2.05. The topological polar surface area (TPSA) is 44.8 Å². The lowest BCUT2D eigenvalue weighted by molar-refractivity contribution is -0.136. The van der Waals surface area contributed by atoms with Crippen molar-refractivity contribution in [1.29, 1.82) is 0 Å². The van der Waals surface area contributed by atoms with E-state index in [1.54, 1.807) is 7.11 Å². The van der Waals surface area contributed by atoms with Gasteiger partial charge in [0.15, 0.2) is 0 Å². The predicted octanol–water partition coefficient (Wildman–Crippen LogP) is 1.12. The van der Waals surface area contributed by atoms with Crippen LogP contribution in [0.4, 0.5) is 0 Å². The molecule has 4 nitrogen and oxygen atoms in total. The molecule has 0 aromatic rings. The minimum Gasteiger partial charge on any atom is -0.498 e. The Morgan fingerprint density at radius 1 is 1.31 bits per heavy atom. The van der Waals surface area contributed by atoms with Crippen LogP contribution in [0.15, 0.2) is 11.8 Å². The number of ether oxygens (including phenoxy) is 3. The molecule has 4 heteroatoms. The summed E-state index contributed by atoms with van der Waals surface area (Å²) in [6.07, 6.45) is 2.02. The highest BCUT2D eigenvalue weighted by Gasteiger charge is 2.06. The normalized spacial score (nSPS) is 11.2. The van der Waals surface area contributed by atoms with Gasteiger partial charge in [-0.15, -0.1) is 0 Å². The van der Waals surface area contributed by atoms with Gasteiger partial charge in [-0.25, -0.2) is 4.79 Å². The molecule has 0 unspecified atom stereocenters. The summed E-state index contributed by atoms with van der Waals surface area (Å²) in [7, 11) is 2.94. The third-order valence-electron chi connectivity index (χ3n) is 1.46. The van der Waals surface area contributed by atoms with Crippen molar-refractivity contribution < 1.29 is 19.0 Å². The van der Waals surface area contributed by atoms with E-state index in [0.717, 1.165) is 0 Å². The van der Waals surface area contributed by atoms with Crippen LogP contribution in [-0.2, 0) is 19.0 Å². The highest BCUT2D eigenvalue weighted by molar-refractivity contribution is 5.87. The molecule has 0 spiro atoms. The molecule has 0 aliphatic heterocycles. The third-order valence-corrected chi connectivity index (χ3v) is 1.46. The number of rotatable bonds is 6. The Morgan fingerprint density at radius 3 is 2.46 bits per heavy atom. The van der Waals surface area contributed by atoms with Crippen LogP contribution in [0.2, 0.25) is 0 Å². The van der Waals surface area contributed by atoms with Crippen molar-refractivity contribution in [2.75, 3.05) is 27.4 Å². The van der Waals surface area contributed by atoms with Crippen LogP contribution in [0, 0.1) is 0 Å². The minimum atomic E-state index is -0.347. The second-order valence-electron chi connectivity index (χ2n) is 2.35. The van der Waals surface area contributed by atoms with Gasteiger partial charge in [-0.2, -0.15) is 0 Å². The molecule has 0 amide bonds. The second kappa shape index (κ2) is 7.61. The SMILES string of the molecule is CCC(=COCCOC)C(=O)OC. The fraction of sp³-hybridized carbons (Fsp3) is 0.667. The summed E-state index contributed by atoms with van der Waals surface area (Å²) in [5.41, 5.74) is 0.526. The number of carbonyl (C=O) groups is 1. The van der Waals surface area contributed by atoms with Gasteiger partial charge < -0.3 is 14.2 Å². The Kier molecular flexibility index (Phi) is 7.01. The van der Waals surface area contributed by atoms with E-state index < -0.39 is 0 Å². The average molecular weight is 188 g/mol. The molecule has 0 atom stereocenters. The molecule has 0 N–H and O–H groups in total. The Balaban J connectivity index is 3.85. The number of hydrogen-bond donors (Lipinski definition) is 0. The molecule has 76 valence electrons. The molecule has 0 saturated heterocycles. The summed E-state index contributed by atoms with van der Waals surface area (Å²) in [6.45, 7) is 2.81. The van der Waals surface area contributed by atoms with E-state index in [1.165, 1.54) is 13.4 Å². The van der Waals surface area contributed by atoms with E-state index in [2.05, 4.69) is 4.74 Å². The van der Waals surface area contributed by atoms with Gasteiger partial charge in [-0.3, -0.25) is 0 Å².